The van der Waals surface area contributed by atoms with Crippen molar-refractivity contribution in [2.24, 2.45) is 0 Å². The van der Waals surface area contributed by atoms with Gasteiger partial charge in [0.1, 0.15) is 19.0 Å². The molecule has 3 aromatic rings. The number of carbonyl (C=O) groups is 1. The van der Waals surface area contributed by atoms with Crippen LogP contribution in [0.2, 0.25) is 0 Å². The first-order valence-corrected chi connectivity index (χ1v) is 10.3. The number of allylic oxidation sites excluding steroid dienone is 1. The lowest BCUT2D eigenvalue weighted by molar-refractivity contribution is -0.111. The maximum absolute atomic E-state index is 12.5. The van der Waals surface area contributed by atoms with Crippen molar-refractivity contribution in [1.82, 2.24) is 20.6 Å². The van der Waals surface area contributed by atoms with Gasteiger partial charge in [-0.3, -0.25) is 4.79 Å². The first-order chi connectivity index (χ1) is 15.7. The summed E-state index contributed by atoms with van der Waals surface area (Å²) in [7, 11) is 0. The Morgan fingerprint density at radius 2 is 2.12 bits per heavy atom. The molecule has 1 aliphatic rings. The number of H-pyrrole nitrogens is 1. The van der Waals surface area contributed by atoms with Gasteiger partial charge in [-0.1, -0.05) is 37.3 Å². The second-order valence-corrected chi connectivity index (χ2v) is 6.92. The van der Waals surface area contributed by atoms with Crippen LogP contribution in [-0.2, 0) is 4.79 Å². The molecule has 1 amide bonds. The Kier molecular flexibility index (Phi) is 6.76. The zero-order valence-corrected chi connectivity index (χ0v) is 17.5. The maximum Gasteiger partial charge on any atom is 0.248 e. The van der Waals surface area contributed by atoms with Crippen LogP contribution in [0.25, 0.3) is 6.08 Å². The van der Waals surface area contributed by atoms with Crippen LogP contribution in [-0.4, -0.2) is 39.7 Å². The number of para-hydroxylation sites is 1. The highest BCUT2D eigenvalue weighted by molar-refractivity contribution is 6.03. The molecule has 1 atom stereocenters. The highest BCUT2D eigenvalue weighted by atomic mass is 16.6. The Morgan fingerprint density at radius 3 is 2.91 bits per heavy atom. The number of rotatable bonds is 8. The van der Waals surface area contributed by atoms with Crippen molar-refractivity contribution in [2.45, 2.75) is 19.4 Å². The first kappa shape index (κ1) is 21.1. The van der Waals surface area contributed by atoms with E-state index in [0.717, 1.165) is 17.7 Å². The van der Waals surface area contributed by atoms with Crippen LogP contribution in [0.5, 0.6) is 17.2 Å². The van der Waals surface area contributed by atoms with E-state index < -0.39 is 6.10 Å². The molecule has 2 aromatic carbocycles. The Morgan fingerprint density at radius 1 is 1.25 bits per heavy atom. The minimum Gasteiger partial charge on any atom is -0.490 e. The average molecular weight is 433 g/mol. The van der Waals surface area contributed by atoms with Gasteiger partial charge >= 0.3 is 0 Å². The second-order valence-electron chi connectivity index (χ2n) is 6.92. The van der Waals surface area contributed by atoms with Gasteiger partial charge in [0, 0.05) is 6.08 Å². The van der Waals surface area contributed by atoms with Crippen molar-refractivity contribution in [2.75, 3.05) is 18.5 Å². The molecule has 164 valence electrons. The first-order valence-electron chi connectivity index (χ1n) is 10.3. The molecule has 0 saturated heterocycles. The number of anilines is 1. The molecule has 1 aromatic heterocycles. The number of ether oxygens (including phenoxy) is 3. The molecule has 1 aliphatic heterocycles. The van der Waals surface area contributed by atoms with Gasteiger partial charge < -0.3 is 19.5 Å². The molecule has 4 rings (SSSR count). The highest BCUT2D eigenvalue weighted by Gasteiger charge is 2.27. The monoisotopic (exact) mass is 433 g/mol. The molecule has 9 nitrogen and oxygen atoms in total. The molecule has 9 heteroatoms. The van der Waals surface area contributed by atoms with Crippen LogP contribution >= 0.6 is 0 Å². The van der Waals surface area contributed by atoms with Crippen molar-refractivity contribution in [3.05, 3.63) is 72.1 Å². The standard InChI is InChI=1S/C23H23N5O4/c1-2-3-4-14-30-17-11-8-16(9-12-17)10-13-21(29)24-18-6-5-7-19-22(18)32-20(15-31-19)23-25-27-28-26-23/h3-13,20H,2,14-15H2,1H3,(H,24,29)(H,25,26,27,28)/b4-3+,13-10?. The van der Waals surface area contributed by atoms with Crippen LogP contribution < -0.4 is 19.5 Å². The number of aromatic amines is 1. The fraction of sp³-hybridized carbons (Fsp3) is 0.217. The molecule has 2 N–H and O–H groups in total. The molecule has 0 aliphatic carbocycles. The summed E-state index contributed by atoms with van der Waals surface area (Å²) in [5.74, 6) is 1.90. The predicted octanol–water partition coefficient (Wildman–Crippen LogP) is 3.71. The topological polar surface area (TPSA) is 111 Å². The van der Waals surface area contributed by atoms with E-state index >= 15 is 0 Å². The third-order valence-electron chi connectivity index (χ3n) is 4.61. The van der Waals surface area contributed by atoms with E-state index in [1.165, 1.54) is 6.08 Å². The van der Waals surface area contributed by atoms with Crippen molar-refractivity contribution in [3.8, 4) is 17.2 Å². The fourth-order valence-corrected chi connectivity index (χ4v) is 3.03. The average Bonchev–Trinajstić information content (AvgIpc) is 3.36. The summed E-state index contributed by atoms with van der Waals surface area (Å²) in [4.78, 5) is 12.5. The third-order valence-corrected chi connectivity index (χ3v) is 4.61. The molecule has 0 radical (unpaired) electrons. The molecule has 32 heavy (non-hydrogen) atoms. The summed E-state index contributed by atoms with van der Waals surface area (Å²) in [6, 6.07) is 12.8. The number of tetrazole rings is 1. The molecule has 0 bridgehead atoms. The van der Waals surface area contributed by atoms with E-state index in [4.69, 9.17) is 14.2 Å². The van der Waals surface area contributed by atoms with Crippen molar-refractivity contribution in [3.63, 3.8) is 0 Å². The molecule has 0 spiro atoms. The van der Waals surface area contributed by atoms with E-state index in [9.17, 15) is 4.79 Å². The number of hydrogen-bond acceptors (Lipinski definition) is 7. The van der Waals surface area contributed by atoms with Crippen LogP contribution in [0.1, 0.15) is 30.8 Å². The minimum atomic E-state index is -0.496. The van der Waals surface area contributed by atoms with E-state index in [2.05, 4.69) is 38.9 Å². The Balaban J connectivity index is 1.37. The Bertz CT molecular complexity index is 1090. The number of amides is 1. The van der Waals surface area contributed by atoms with Gasteiger partial charge in [0.25, 0.3) is 0 Å². The van der Waals surface area contributed by atoms with Gasteiger partial charge in [-0.2, -0.15) is 0 Å². The lowest BCUT2D eigenvalue weighted by Gasteiger charge is -2.26. The Hall–Kier alpha value is -4.14. The lowest BCUT2D eigenvalue weighted by atomic mass is 10.2. The number of aromatic nitrogens is 4. The highest BCUT2D eigenvalue weighted by Crippen LogP contribution is 2.41. The van der Waals surface area contributed by atoms with Crippen LogP contribution in [0.3, 0.4) is 0 Å². The largest absolute Gasteiger partial charge is 0.490 e. The summed E-state index contributed by atoms with van der Waals surface area (Å²) in [5, 5.41) is 16.5. The van der Waals surface area contributed by atoms with Gasteiger partial charge in [0.05, 0.1) is 5.69 Å². The summed E-state index contributed by atoms with van der Waals surface area (Å²) < 4.78 is 17.3. The molecule has 0 saturated carbocycles. The van der Waals surface area contributed by atoms with E-state index in [1.807, 2.05) is 30.3 Å². The van der Waals surface area contributed by atoms with Crippen LogP contribution in [0.4, 0.5) is 5.69 Å². The van der Waals surface area contributed by atoms with E-state index in [-0.39, 0.29) is 12.5 Å². The summed E-state index contributed by atoms with van der Waals surface area (Å²) in [6.45, 7) is 2.87. The third kappa shape index (κ3) is 5.31. The van der Waals surface area contributed by atoms with Gasteiger partial charge in [0.15, 0.2) is 23.4 Å². The molecule has 1 unspecified atom stereocenters. The van der Waals surface area contributed by atoms with Crippen molar-refractivity contribution >= 4 is 17.7 Å². The Labute approximate surface area is 185 Å². The smallest absolute Gasteiger partial charge is 0.248 e. The molecule has 0 fully saturated rings. The van der Waals surface area contributed by atoms with Crippen LogP contribution in [0.15, 0.2) is 60.7 Å². The van der Waals surface area contributed by atoms with Gasteiger partial charge in [0.2, 0.25) is 5.91 Å². The second kappa shape index (κ2) is 10.3. The number of nitrogens with one attached hydrogen (secondary N) is 2. The quantitative estimate of drug-likeness (QED) is 0.411. The number of fused-ring (bicyclic) bond motifs is 1. The number of benzene rings is 2. The van der Waals surface area contributed by atoms with Gasteiger partial charge in [-0.15, -0.1) is 5.10 Å². The van der Waals surface area contributed by atoms with Crippen molar-refractivity contribution < 1.29 is 19.0 Å². The predicted molar refractivity (Wildman–Crippen MR) is 119 cm³/mol. The molecular weight excluding hydrogens is 410 g/mol. The minimum absolute atomic E-state index is 0.260. The zero-order chi connectivity index (χ0) is 22.2. The van der Waals surface area contributed by atoms with Gasteiger partial charge in [-0.05, 0) is 52.8 Å². The number of hydrogen-bond donors (Lipinski definition) is 2. The maximum atomic E-state index is 12.5. The van der Waals surface area contributed by atoms with Gasteiger partial charge in [-0.25, -0.2) is 5.10 Å². The number of carbonyl (C=O) groups excluding carboxylic acids is 1. The summed E-state index contributed by atoms with van der Waals surface area (Å²) in [6.07, 6.45) is 7.72. The van der Waals surface area contributed by atoms with Crippen molar-refractivity contribution in [1.29, 1.82) is 0 Å². The van der Waals surface area contributed by atoms with E-state index in [1.54, 1.807) is 24.3 Å². The fourth-order valence-electron chi connectivity index (χ4n) is 3.03. The summed E-state index contributed by atoms with van der Waals surface area (Å²) in [5.41, 5.74) is 1.38. The number of nitrogens with zero attached hydrogens (tertiary/aromatic N) is 3. The molecular formula is C23H23N5O4. The lowest BCUT2D eigenvalue weighted by Crippen LogP contribution is -2.24. The SMILES string of the molecule is CC/C=C/COc1ccc(C=CC(=O)Nc2cccc3c2OC(c2nnn[nH]2)CO3)cc1. The van der Waals surface area contributed by atoms with Crippen LogP contribution in [0, 0.1) is 0 Å². The normalized spacial score (nSPS) is 15.2. The molecule has 2 heterocycles. The summed E-state index contributed by atoms with van der Waals surface area (Å²) >= 11 is 0. The zero-order valence-electron chi connectivity index (χ0n) is 17.5. The van der Waals surface area contributed by atoms with E-state index in [0.29, 0.717) is 29.6 Å².